The quantitative estimate of drug-likeness (QED) is 0.823. The summed E-state index contributed by atoms with van der Waals surface area (Å²) in [4.78, 5) is 11.8. The molecule has 1 aromatic rings. The molecule has 0 heterocycles. The van der Waals surface area contributed by atoms with Gasteiger partial charge in [-0.1, -0.05) is 31.5 Å². The minimum Gasteiger partial charge on any atom is -0.481 e. The maximum Gasteiger partial charge on any atom is 0.260 e. The Balaban J connectivity index is 2.42. The highest BCUT2D eigenvalue weighted by Gasteiger charge is 2.16. The second kappa shape index (κ2) is 6.94. The summed E-state index contributed by atoms with van der Waals surface area (Å²) in [5.74, 6) is 0.660. The zero-order valence-electron chi connectivity index (χ0n) is 10.8. The highest BCUT2D eigenvalue weighted by Crippen LogP contribution is 2.10. The molecule has 17 heavy (non-hydrogen) atoms. The Bertz CT molecular complexity index is 337. The van der Waals surface area contributed by atoms with Crippen molar-refractivity contribution in [1.82, 2.24) is 5.32 Å². The number of hydrogen-bond acceptors (Lipinski definition) is 2. The number of carbonyl (C=O) groups is 1. The first-order chi connectivity index (χ1) is 8.13. The molecule has 0 unspecified atom stereocenters. The molecule has 3 heteroatoms. The molecule has 0 aliphatic rings. The van der Waals surface area contributed by atoms with Gasteiger partial charge >= 0.3 is 0 Å². The van der Waals surface area contributed by atoms with Gasteiger partial charge < -0.3 is 10.1 Å². The lowest BCUT2D eigenvalue weighted by molar-refractivity contribution is -0.127. The number of carbonyl (C=O) groups excluding carboxylic acids is 1. The summed E-state index contributed by atoms with van der Waals surface area (Å²) in [6.45, 7) is 5.88. The Morgan fingerprint density at radius 3 is 2.53 bits per heavy atom. The van der Waals surface area contributed by atoms with Gasteiger partial charge in [0.1, 0.15) is 5.75 Å². The third-order valence-electron chi connectivity index (χ3n) is 2.54. The summed E-state index contributed by atoms with van der Waals surface area (Å²) in [5, 5.41) is 2.94. The Labute approximate surface area is 103 Å². The summed E-state index contributed by atoms with van der Waals surface area (Å²) >= 11 is 0. The summed E-state index contributed by atoms with van der Waals surface area (Å²) < 4.78 is 5.54. The minimum absolute atomic E-state index is 0.0604. The van der Waals surface area contributed by atoms with E-state index in [0.29, 0.717) is 0 Å². The van der Waals surface area contributed by atoms with Crippen molar-refractivity contribution in [3.63, 3.8) is 0 Å². The molecule has 0 radical (unpaired) electrons. The molecule has 0 saturated carbocycles. The van der Waals surface area contributed by atoms with E-state index < -0.39 is 6.10 Å². The van der Waals surface area contributed by atoms with Crippen LogP contribution in [-0.2, 0) is 4.79 Å². The molecule has 2 atom stereocenters. The third kappa shape index (κ3) is 4.89. The van der Waals surface area contributed by atoms with E-state index in [4.69, 9.17) is 4.74 Å². The number of ether oxygens (including phenoxy) is 1. The average Bonchev–Trinajstić information content (AvgIpc) is 2.30. The van der Waals surface area contributed by atoms with Crippen molar-refractivity contribution in [3.05, 3.63) is 30.3 Å². The van der Waals surface area contributed by atoms with Crippen molar-refractivity contribution in [1.29, 1.82) is 0 Å². The van der Waals surface area contributed by atoms with Crippen LogP contribution in [0.3, 0.4) is 0 Å². The monoisotopic (exact) mass is 235 g/mol. The maximum absolute atomic E-state index is 11.8. The van der Waals surface area contributed by atoms with Gasteiger partial charge in [0.25, 0.3) is 5.91 Å². The lowest BCUT2D eigenvalue weighted by atomic mass is 10.2. The Kier molecular flexibility index (Phi) is 5.53. The molecule has 1 rings (SSSR count). The first-order valence-corrected chi connectivity index (χ1v) is 6.15. The summed E-state index contributed by atoms with van der Waals surface area (Å²) in [5.41, 5.74) is 0. The maximum atomic E-state index is 11.8. The van der Waals surface area contributed by atoms with Crippen LogP contribution in [0.2, 0.25) is 0 Å². The van der Waals surface area contributed by atoms with Crippen molar-refractivity contribution in [2.75, 3.05) is 0 Å². The van der Waals surface area contributed by atoms with Crippen molar-refractivity contribution in [2.45, 2.75) is 45.8 Å². The molecule has 0 aromatic heterocycles. The predicted octanol–water partition coefficient (Wildman–Crippen LogP) is 2.76. The first-order valence-electron chi connectivity index (χ1n) is 6.15. The van der Waals surface area contributed by atoms with Gasteiger partial charge in [0, 0.05) is 6.04 Å². The number of rotatable bonds is 6. The fraction of sp³-hybridized carbons (Fsp3) is 0.500. The van der Waals surface area contributed by atoms with Gasteiger partial charge in [-0.25, -0.2) is 0 Å². The average molecular weight is 235 g/mol. The molecule has 0 saturated heterocycles. The largest absolute Gasteiger partial charge is 0.481 e. The van der Waals surface area contributed by atoms with E-state index >= 15 is 0 Å². The molecule has 94 valence electrons. The van der Waals surface area contributed by atoms with Crippen LogP contribution < -0.4 is 10.1 Å². The molecular weight excluding hydrogens is 214 g/mol. The van der Waals surface area contributed by atoms with E-state index in [1.165, 1.54) is 0 Å². The standard InChI is InChI=1S/C14H21NO2/c1-4-8-11(2)15-14(16)12(3)17-13-9-6-5-7-10-13/h5-7,9-12H,4,8H2,1-3H3,(H,15,16)/t11-,12+/m1/s1. The zero-order valence-corrected chi connectivity index (χ0v) is 10.8. The summed E-state index contributed by atoms with van der Waals surface area (Å²) in [6, 6.07) is 9.59. The molecule has 0 spiro atoms. The van der Waals surface area contributed by atoms with Crippen LogP contribution in [-0.4, -0.2) is 18.1 Å². The molecule has 1 aromatic carbocycles. The van der Waals surface area contributed by atoms with Crippen LogP contribution in [0.4, 0.5) is 0 Å². The molecule has 0 bridgehead atoms. The Morgan fingerprint density at radius 1 is 1.29 bits per heavy atom. The molecule has 1 N–H and O–H groups in total. The van der Waals surface area contributed by atoms with Crippen molar-refractivity contribution < 1.29 is 9.53 Å². The van der Waals surface area contributed by atoms with E-state index in [9.17, 15) is 4.79 Å². The molecule has 1 amide bonds. The number of nitrogens with one attached hydrogen (secondary N) is 1. The van der Waals surface area contributed by atoms with Crippen molar-refractivity contribution in [3.8, 4) is 5.75 Å². The number of hydrogen-bond donors (Lipinski definition) is 1. The van der Waals surface area contributed by atoms with Crippen molar-refractivity contribution >= 4 is 5.91 Å². The lowest BCUT2D eigenvalue weighted by Gasteiger charge is -2.18. The third-order valence-corrected chi connectivity index (χ3v) is 2.54. The van der Waals surface area contributed by atoms with E-state index in [0.717, 1.165) is 18.6 Å². The van der Waals surface area contributed by atoms with Crippen LogP contribution in [0.5, 0.6) is 5.75 Å². The number of benzene rings is 1. The molecule has 3 nitrogen and oxygen atoms in total. The van der Waals surface area contributed by atoms with Gasteiger partial charge in [-0.3, -0.25) is 4.79 Å². The second-order valence-corrected chi connectivity index (χ2v) is 4.27. The minimum atomic E-state index is -0.461. The van der Waals surface area contributed by atoms with E-state index in [2.05, 4.69) is 12.2 Å². The van der Waals surface area contributed by atoms with Crippen LogP contribution in [0.15, 0.2) is 30.3 Å². The number of para-hydroxylation sites is 1. The van der Waals surface area contributed by atoms with E-state index in [-0.39, 0.29) is 11.9 Å². The highest BCUT2D eigenvalue weighted by molar-refractivity contribution is 5.80. The van der Waals surface area contributed by atoms with Crippen LogP contribution in [0.1, 0.15) is 33.6 Å². The smallest absolute Gasteiger partial charge is 0.260 e. The molecule has 0 fully saturated rings. The summed E-state index contributed by atoms with van der Waals surface area (Å²) in [7, 11) is 0. The van der Waals surface area contributed by atoms with Crippen molar-refractivity contribution in [2.24, 2.45) is 0 Å². The van der Waals surface area contributed by atoms with Gasteiger partial charge in [-0.05, 0) is 32.4 Å². The van der Waals surface area contributed by atoms with Gasteiger partial charge in [-0.15, -0.1) is 0 Å². The topological polar surface area (TPSA) is 38.3 Å². The Hall–Kier alpha value is -1.51. The predicted molar refractivity (Wildman–Crippen MR) is 69.0 cm³/mol. The highest BCUT2D eigenvalue weighted by atomic mass is 16.5. The van der Waals surface area contributed by atoms with Crippen LogP contribution in [0.25, 0.3) is 0 Å². The van der Waals surface area contributed by atoms with Gasteiger partial charge in [0.15, 0.2) is 6.10 Å². The SMILES string of the molecule is CCC[C@@H](C)NC(=O)[C@H](C)Oc1ccccc1. The van der Waals surface area contributed by atoms with Gasteiger partial charge in [0.2, 0.25) is 0 Å². The summed E-state index contributed by atoms with van der Waals surface area (Å²) in [6.07, 6.45) is 1.59. The molecule has 0 aliphatic heterocycles. The molecular formula is C14H21NO2. The Morgan fingerprint density at radius 2 is 1.94 bits per heavy atom. The van der Waals surface area contributed by atoms with E-state index in [1.807, 2.05) is 37.3 Å². The van der Waals surface area contributed by atoms with E-state index in [1.54, 1.807) is 6.92 Å². The first kappa shape index (κ1) is 13.6. The van der Waals surface area contributed by atoms with Crippen LogP contribution in [0, 0.1) is 0 Å². The van der Waals surface area contributed by atoms with Gasteiger partial charge in [0.05, 0.1) is 0 Å². The lowest BCUT2D eigenvalue weighted by Crippen LogP contribution is -2.41. The van der Waals surface area contributed by atoms with Gasteiger partial charge in [-0.2, -0.15) is 0 Å². The second-order valence-electron chi connectivity index (χ2n) is 4.27. The number of amides is 1. The molecule has 0 aliphatic carbocycles. The normalized spacial score (nSPS) is 13.8. The van der Waals surface area contributed by atoms with Crippen LogP contribution >= 0.6 is 0 Å². The fourth-order valence-corrected chi connectivity index (χ4v) is 1.62. The fourth-order valence-electron chi connectivity index (χ4n) is 1.62. The zero-order chi connectivity index (χ0) is 12.7.